The number of hydrogen-bond donors (Lipinski definition) is 1. The van der Waals surface area contributed by atoms with Gasteiger partial charge in [0, 0.05) is 24.2 Å². The molecule has 0 spiro atoms. The maximum Gasteiger partial charge on any atom is 0.191 e. The van der Waals surface area contributed by atoms with Gasteiger partial charge in [-0.05, 0) is 49.1 Å². The average Bonchev–Trinajstić information content (AvgIpc) is 2.37. The molecule has 0 rings (SSSR count). The Balaban J connectivity index is 0. The molecule has 0 saturated heterocycles. The molecular weight excluding hydrogens is 447 g/mol. The van der Waals surface area contributed by atoms with Crippen LogP contribution in [0, 0.1) is 0 Å². The minimum atomic E-state index is -1.55. The second kappa shape index (κ2) is 11.7. The Morgan fingerprint density at radius 3 is 1.33 bits per heavy atom. The molecule has 0 heterocycles. The van der Waals surface area contributed by atoms with Crippen LogP contribution in [-0.4, -0.2) is 46.0 Å². The third kappa shape index (κ3) is 11.6. The highest BCUT2D eigenvalue weighted by atomic mass is 127. The van der Waals surface area contributed by atoms with Crippen molar-refractivity contribution in [3.05, 3.63) is 0 Å². The lowest BCUT2D eigenvalue weighted by Gasteiger charge is -2.36. The van der Waals surface area contributed by atoms with Crippen LogP contribution in [0.3, 0.4) is 0 Å². The Kier molecular flexibility index (Phi) is 13.3. The largest absolute Gasteiger partial charge is 0.417 e. The summed E-state index contributed by atoms with van der Waals surface area (Å²) in [5.74, 6) is 0. The van der Waals surface area contributed by atoms with Gasteiger partial charge in [0.25, 0.3) is 0 Å². The highest BCUT2D eigenvalue weighted by molar-refractivity contribution is 14.1. The van der Waals surface area contributed by atoms with Crippen LogP contribution in [0.1, 0.15) is 54.4 Å². The molecule has 0 aliphatic carbocycles. The first kappa shape index (κ1) is 27.3. The molecule has 6 heteroatoms. The van der Waals surface area contributed by atoms with E-state index in [-0.39, 0.29) is 11.6 Å². The lowest BCUT2D eigenvalue weighted by atomic mass is 10.2. The van der Waals surface area contributed by atoms with E-state index in [4.69, 9.17) is 14.0 Å². The number of halogens is 1. The van der Waals surface area contributed by atoms with E-state index in [2.05, 4.69) is 90.3 Å². The van der Waals surface area contributed by atoms with Crippen molar-refractivity contribution in [1.29, 1.82) is 0 Å². The van der Waals surface area contributed by atoms with Crippen LogP contribution in [0.5, 0.6) is 0 Å². The summed E-state index contributed by atoms with van der Waals surface area (Å²) in [7, 11) is -3.00. The summed E-state index contributed by atoms with van der Waals surface area (Å²) in [5, 5.41) is 9.24. The average molecular weight is 491 g/mol. The zero-order chi connectivity index (χ0) is 19.7. The van der Waals surface area contributed by atoms with Crippen LogP contribution in [0.2, 0.25) is 36.3 Å². The number of aliphatic hydroxyl groups is 1. The molecule has 1 N–H and O–H groups in total. The maximum absolute atomic E-state index is 8.60. The van der Waals surface area contributed by atoms with Crippen molar-refractivity contribution < 1.29 is 14.0 Å². The lowest BCUT2D eigenvalue weighted by Crippen LogP contribution is -2.41. The smallest absolute Gasteiger partial charge is 0.191 e. The van der Waals surface area contributed by atoms with Gasteiger partial charge in [-0.15, -0.1) is 0 Å². The van der Waals surface area contributed by atoms with Crippen molar-refractivity contribution >= 4 is 39.2 Å². The van der Waals surface area contributed by atoms with Gasteiger partial charge in [-0.2, -0.15) is 0 Å². The fourth-order valence-corrected chi connectivity index (χ4v) is 3.69. The molecule has 0 aromatic carbocycles. The Morgan fingerprint density at radius 1 is 0.750 bits per heavy atom. The van der Waals surface area contributed by atoms with E-state index in [0.717, 1.165) is 13.0 Å². The second-order valence-electron chi connectivity index (χ2n) is 9.34. The molecule has 0 aliphatic rings. The molecule has 0 aromatic rings. The quantitative estimate of drug-likeness (QED) is 0.190. The second-order valence-corrected chi connectivity index (χ2v) is 20.0. The Morgan fingerprint density at radius 2 is 1.08 bits per heavy atom. The third-order valence-electron chi connectivity index (χ3n) is 5.12. The molecule has 0 atom stereocenters. The molecule has 0 aliphatic heterocycles. The highest BCUT2D eigenvalue weighted by Gasteiger charge is 2.37. The number of alkyl halides is 1. The molecule has 0 amide bonds. The Hall–Kier alpha value is 1.04. The fraction of sp³-hybridized carbons (Fsp3) is 1.00. The molecular formula is C18H43IO3Si2. The first-order valence-electron chi connectivity index (χ1n) is 9.07. The normalized spacial score (nSPS) is 13.5. The van der Waals surface area contributed by atoms with Crippen molar-refractivity contribution in [2.24, 2.45) is 0 Å². The minimum Gasteiger partial charge on any atom is -0.417 e. The molecule has 0 unspecified atom stereocenters. The van der Waals surface area contributed by atoms with E-state index in [1.807, 2.05) is 0 Å². The van der Waals surface area contributed by atoms with Crippen molar-refractivity contribution in [3.63, 3.8) is 0 Å². The molecule has 24 heavy (non-hydrogen) atoms. The van der Waals surface area contributed by atoms with Gasteiger partial charge in [-0.25, -0.2) is 0 Å². The van der Waals surface area contributed by atoms with E-state index >= 15 is 0 Å². The molecule has 3 nitrogen and oxygen atoms in total. The van der Waals surface area contributed by atoms with Crippen molar-refractivity contribution in [3.8, 4) is 0 Å². The first-order chi connectivity index (χ1) is 10.6. The number of aliphatic hydroxyl groups excluding tert-OH is 1. The standard InChI is InChI=1S/C9H21IOSi.C9H22O2Si/c2*1-9(2,3)12(4,5)11-8-6-7-10/h6-8H2,1-5H3;10H,6-8H2,1-5H3. The molecule has 0 bridgehead atoms. The fourth-order valence-electron chi connectivity index (χ4n) is 1.21. The molecule has 148 valence electrons. The topological polar surface area (TPSA) is 38.7 Å². The van der Waals surface area contributed by atoms with Gasteiger partial charge in [-0.1, -0.05) is 64.1 Å². The van der Waals surface area contributed by atoms with Crippen LogP contribution >= 0.6 is 22.6 Å². The van der Waals surface area contributed by atoms with E-state index in [1.54, 1.807) is 0 Å². The van der Waals surface area contributed by atoms with Crippen molar-refractivity contribution in [2.75, 3.05) is 24.2 Å². The third-order valence-corrected chi connectivity index (χ3v) is 15.0. The molecule has 0 aromatic heterocycles. The predicted molar refractivity (Wildman–Crippen MR) is 122 cm³/mol. The number of hydrogen-bond acceptors (Lipinski definition) is 3. The van der Waals surface area contributed by atoms with Gasteiger partial charge in [0.15, 0.2) is 16.6 Å². The highest BCUT2D eigenvalue weighted by Crippen LogP contribution is 2.37. The van der Waals surface area contributed by atoms with Gasteiger partial charge in [-0.3, -0.25) is 0 Å². The monoisotopic (exact) mass is 490 g/mol. The maximum atomic E-state index is 8.60. The molecule has 0 radical (unpaired) electrons. The summed E-state index contributed by atoms with van der Waals surface area (Å²) in [6.45, 7) is 24.4. The van der Waals surface area contributed by atoms with Gasteiger partial charge in [0.05, 0.1) is 0 Å². The first-order valence-corrected chi connectivity index (χ1v) is 16.4. The summed E-state index contributed by atoms with van der Waals surface area (Å²) in [6, 6.07) is 0. The van der Waals surface area contributed by atoms with Crippen LogP contribution in [0.4, 0.5) is 0 Å². The number of rotatable bonds is 8. The lowest BCUT2D eigenvalue weighted by molar-refractivity contribution is 0.222. The summed E-state index contributed by atoms with van der Waals surface area (Å²) in [6.07, 6.45) is 1.94. The summed E-state index contributed by atoms with van der Waals surface area (Å²) < 4.78 is 13.0. The Bertz CT molecular complexity index is 289. The van der Waals surface area contributed by atoms with E-state index in [0.29, 0.717) is 11.6 Å². The van der Waals surface area contributed by atoms with Gasteiger partial charge >= 0.3 is 0 Å². The Labute approximate surface area is 167 Å². The van der Waals surface area contributed by atoms with Crippen molar-refractivity contribution in [1.82, 2.24) is 0 Å². The zero-order valence-corrected chi connectivity index (χ0v) is 22.0. The van der Waals surface area contributed by atoms with E-state index < -0.39 is 16.6 Å². The molecule has 0 fully saturated rings. The van der Waals surface area contributed by atoms with Crippen molar-refractivity contribution in [2.45, 2.75) is 90.6 Å². The van der Waals surface area contributed by atoms with Crippen LogP contribution < -0.4 is 0 Å². The zero-order valence-electron chi connectivity index (χ0n) is 17.9. The minimum absolute atomic E-state index is 0.231. The predicted octanol–water partition coefficient (Wildman–Crippen LogP) is 6.22. The van der Waals surface area contributed by atoms with Gasteiger partial charge in [0.1, 0.15) is 0 Å². The van der Waals surface area contributed by atoms with E-state index in [1.165, 1.54) is 10.8 Å². The summed E-state index contributed by atoms with van der Waals surface area (Å²) >= 11 is 2.40. The summed E-state index contributed by atoms with van der Waals surface area (Å²) in [4.78, 5) is 0. The SMILES string of the molecule is CC(C)(C)[Si](C)(C)OCCCI.CC(C)(C)[Si](C)(C)OCCCO. The van der Waals surface area contributed by atoms with Crippen LogP contribution in [0.25, 0.3) is 0 Å². The van der Waals surface area contributed by atoms with E-state index in [9.17, 15) is 0 Å². The van der Waals surface area contributed by atoms with Gasteiger partial charge < -0.3 is 14.0 Å². The van der Waals surface area contributed by atoms with Gasteiger partial charge in [0.2, 0.25) is 0 Å². The van der Waals surface area contributed by atoms with Crippen LogP contribution in [0.15, 0.2) is 0 Å². The summed E-state index contributed by atoms with van der Waals surface area (Å²) in [5.41, 5.74) is 0. The molecule has 0 saturated carbocycles. The van der Waals surface area contributed by atoms with Crippen LogP contribution in [-0.2, 0) is 8.85 Å².